The van der Waals surface area contributed by atoms with Crippen molar-refractivity contribution in [2.45, 2.75) is 63.7 Å². The minimum absolute atomic E-state index is 0.0104. The number of Topliss-reactive ketones (excluding diaryl/α,β-unsaturated/α-hetero) is 1. The Morgan fingerprint density at radius 1 is 0.950 bits per heavy atom. The molecule has 0 saturated carbocycles. The van der Waals surface area contributed by atoms with Crippen molar-refractivity contribution in [2.24, 2.45) is 5.11 Å². The van der Waals surface area contributed by atoms with Crippen LogP contribution < -0.4 is 4.74 Å². The van der Waals surface area contributed by atoms with Crippen LogP contribution in [0.1, 0.15) is 30.9 Å². The Balaban J connectivity index is 1.89. The van der Waals surface area contributed by atoms with E-state index >= 15 is 0 Å². The molecule has 1 fully saturated rings. The van der Waals surface area contributed by atoms with Gasteiger partial charge in [0.15, 0.2) is 12.4 Å². The molecule has 0 amide bonds. The summed E-state index contributed by atoms with van der Waals surface area (Å²) in [6.07, 6.45) is -5.08. The van der Waals surface area contributed by atoms with Gasteiger partial charge in [0.2, 0.25) is 0 Å². The quantitative estimate of drug-likeness (QED) is 0.107. The zero-order valence-corrected chi connectivity index (χ0v) is 22.6. The molecule has 0 spiro atoms. The molecule has 0 unspecified atom stereocenters. The lowest BCUT2D eigenvalue weighted by molar-refractivity contribution is -0.318. The summed E-state index contributed by atoms with van der Waals surface area (Å²) in [7, 11) is 1.57. The molecule has 0 aromatic heterocycles. The highest BCUT2D eigenvalue weighted by molar-refractivity contribution is 5.81. The predicted octanol–water partition coefficient (Wildman–Crippen LogP) is 3.49. The molecule has 12 nitrogen and oxygen atoms in total. The number of azide groups is 1. The molecule has 0 bridgehead atoms. The highest BCUT2D eigenvalue weighted by atomic mass is 16.7. The van der Waals surface area contributed by atoms with Crippen LogP contribution in [0.25, 0.3) is 10.4 Å². The molecular formula is C28H35N3O9. The number of aliphatic hydroxyl groups is 1. The Kier molecular flexibility index (Phi) is 12.8. The van der Waals surface area contributed by atoms with Gasteiger partial charge in [-0.1, -0.05) is 47.6 Å². The number of nitrogens with zero attached hydrogens (tertiary/aromatic N) is 3. The van der Waals surface area contributed by atoms with Crippen LogP contribution in [0.5, 0.6) is 5.75 Å². The van der Waals surface area contributed by atoms with Gasteiger partial charge in [-0.15, -0.1) is 0 Å². The van der Waals surface area contributed by atoms with E-state index in [1.807, 2.05) is 42.5 Å². The third-order valence-electron chi connectivity index (χ3n) is 6.14. The summed E-state index contributed by atoms with van der Waals surface area (Å²) in [4.78, 5) is 26.9. The Morgan fingerprint density at radius 3 is 2.25 bits per heavy atom. The van der Waals surface area contributed by atoms with Crippen LogP contribution >= 0.6 is 0 Å². The summed E-state index contributed by atoms with van der Waals surface area (Å²) in [6.45, 7) is 1.24. The summed E-state index contributed by atoms with van der Waals surface area (Å²) in [5, 5.41) is 13.7. The number of rotatable bonds is 16. The standard InChI is InChI=1S/C28H35N3O9/c1-19(33)8-13-24(34)40-27-26(38-18-21-9-11-22(35-2)12-10-21)25(37-17-20-6-4-3-5-7-20)23(16-32)39-28(27)36-15-14-30-31-29/h3-7,9-12,23,25-28,32H,8,13-18H2,1-2H3/t23-,25+,26+,27-,28-/m1/s1. The third kappa shape index (κ3) is 9.60. The number of methoxy groups -OCH3 is 1. The van der Waals surface area contributed by atoms with E-state index in [2.05, 4.69) is 10.0 Å². The Hall–Kier alpha value is -3.51. The second-order valence-corrected chi connectivity index (χ2v) is 9.09. The van der Waals surface area contributed by atoms with E-state index in [9.17, 15) is 14.7 Å². The van der Waals surface area contributed by atoms with Crippen molar-refractivity contribution in [2.75, 3.05) is 26.9 Å². The summed E-state index contributed by atoms with van der Waals surface area (Å²) in [5.41, 5.74) is 10.3. The summed E-state index contributed by atoms with van der Waals surface area (Å²) in [6, 6.07) is 16.7. The molecule has 1 saturated heterocycles. The number of ether oxygens (including phenoxy) is 6. The van der Waals surface area contributed by atoms with Gasteiger partial charge in [-0.05, 0) is 35.7 Å². The van der Waals surface area contributed by atoms with Gasteiger partial charge >= 0.3 is 5.97 Å². The predicted molar refractivity (Wildman–Crippen MR) is 142 cm³/mol. The fourth-order valence-electron chi connectivity index (χ4n) is 4.10. The molecule has 2 aromatic rings. The largest absolute Gasteiger partial charge is 0.497 e. The fourth-order valence-corrected chi connectivity index (χ4v) is 4.10. The first kappa shape index (κ1) is 31.0. The monoisotopic (exact) mass is 557 g/mol. The fraction of sp³-hybridized carbons (Fsp3) is 0.500. The maximum absolute atomic E-state index is 12.8. The van der Waals surface area contributed by atoms with Gasteiger partial charge in [0.25, 0.3) is 0 Å². The lowest BCUT2D eigenvalue weighted by Crippen LogP contribution is -2.62. The number of benzene rings is 2. The van der Waals surface area contributed by atoms with E-state index in [0.29, 0.717) is 5.75 Å². The molecule has 0 aliphatic carbocycles. The maximum atomic E-state index is 12.8. The lowest BCUT2D eigenvalue weighted by atomic mass is 9.98. The minimum Gasteiger partial charge on any atom is -0.497 e. The van der Waals surface area contributed by atoms with E-state index < -0.39 is 43.3 Å². The Labute approximate surface area is 232 Å². The first-order chi connectivity index (χ1) is 19.4. The van der Waals surface area contributed by atoms with E-state index in [4.69, 9.17) is 34.0 Å². The second-order valence-electron chi connectivity index (χ2n) is 9.09. The van der Waals surface area contributed by atoms with Crippen LogP contribution in [-0.4, -0.2) is 74.4 Å². The molecule has 40 heavy (non-hydrogen) atoms. The SMILES string of the molecule is COc1ccc(CO[C@H]2[C@@H](OCc3ccccc3)[C@@H](CO)O[C@@H](OCCN=[N+]=[N-])[C@@H]2OC(=O)CCC(C)=O)cc1. The van der Waals surface area contributed by atoms with E-state index in [0.717, 1.165) is 11.1 Å². The first-order valence-corrected chi connectivity index (χ1v) is 12.9. The summed E-state index contributed by atoms with van der Waals surface area (Å²) < 4.78 is 35.3. The second kappa shape index (κ2) is 16.6. The summed E-state index contributed by atoms with van der Waals surface area (Å²) >= 11 is 0. The maximum Gasteiger partial charge on any atom is 0.306 e. The molecule has 2 aromatic carbocycles. The number of aliphatic hydroxyl groups excluding tert-OH is 1. The highest BCUT2D eigenvalue weighted by Crippen LogP contribution is 2.31. The van der Waals surface area contributed by atoms with Crippen molar-refractivity contribution in [1.82, 2.24) is 0 Å². The third-order valence-corrected chi connectivity index (χ3v) is 6.14. The molecular weight excluding hydrogens is 522 g/mol. The van der Waals surface area contributed by atoms with Crippen molar-refractivity contribution >= 4 is 11.8 Å². The van der Waals surface area contributed by atoms with Crippen molar-refractivity contribution < 1.29 is 43.1 Å². The van der Waals surface area contributed by atoms with Crippen LogP contribution in [0.2, 0.25) is 0 Å². The minimum atomic E-state index is -1.16. The van der Waals surface area contributed by atoms with Gasteiger partial charge in [-0.3, -0.25) is 4.79 Å². The molecule has 12 heteroatoms. The van der Waals surface area contributed by atoms with Crippen molar-refractivity contribution in [3.05, 3.63) is 76.2 Å². The average molecular weight is 558 g/mol. The first-order valence-electron chi connectivity index (χ1n) is 12.9. The van der Waals surface area contributed by atoms with Crippen molar-refractivity contribution in [3.63, 3.8) is 0 Å². The molecule has 5 atom stereocenters. The topological polar surface area (TPSA) is 159 Å². The number of esters is 1. The van der Waals surface area contributed by atoms with Crippen LogP contribution in [-0.2, 0) is 46.5 Å². The smallest absolute Gasteiger partial charge is 0.306 e. The Morgan fingerprint density at radius 2 is 1.62 bits per heavy atom. The molecule has 1 aliphatic heterocycles. The van der Waals surface area contributed by atoms with E-state index in [1.165, 1.54) is 6.92 Å². The number of carbonyl (C=O) groups is 2. The number of hydrogen-bond acceptors (Lipinski definition) is 10. The highest BCUT2D eigenvalue weighted by Gasteiger charge is 2.50. The van der Waals surface area contributed by atoms with Crippen LogP contribution in [0.15, 0.2) is 59.7 Å². The molecule has 1 aliphatic rings. The molecule has 3 rings (SSSR count). The van der Waals surface area contributed by atoms with Crippen LogP contribution in [0.3, 0.4) is 0 Å². The van der Waals surface area contributed by atoms with E-state index in [-0.39, 0.29) is 45.0 Å². The number of carbonyl (C=O) groups excluding carboxylic acids is 2. The zero-order valence-electron chi connectivity index (χ0n) is 22.6. The van der Waals surface area contributed by atoms with Gasteiger partial charge < -0.3 is 38.3 Å². The number of hydrogen-bond donors (Lipinski definition) is 1. The van der Waals surface area contributed by atoms with Gasteiger partial charge in [0.1, 0.15) is 29.8 Å². The number of ketones is 1. The van der Waals surface area contributed by atoms with Gasteiger partial charge in [0, 0.05) is 17.9 Å². The normalized spacial score (nSPS) is 22.2. The van der Waals surface area contributed by atoms with Crippen LogP contribution in [0.4, 0.5) is 0 Å². The van der Waals surface area contributed by atoms with Crippen molar-refractivity contribution in [1.29, 1.82) is 0 Å². The molecule has 216 valence electrons. The van der Waals surface area contributed by atoms with Crippen molar-refractivity contribution in [3.8, 4) is 5.75 Å². The summed E-state index contributed by atoms with van der Waals surface area (Å²) in [5.74, 6) is -0.115. The van der Waals surface area contributed by atoms with E-state index in [1.54, 1.807) is 19.2 Å². The molecule has 0 radical (unpaired) electrons. The average Bonchev–Trinajstić information content (AvgIpc) is 2.97. The lowest BCUT2D eigenvalue weighted by Gasteiger charge is -2.45. The van der Waals surface area contributed by atoms with Gasteiger partial charge in [-0.2, -0.15) is 0 Å². The van der Waals surface area contributed by atoms with Gasteiger partial charge in [0.05, 0.1) is 40.0 Å². The van der Waals surface area contributed by atoms with Gasteiger partial charge in [-0.25, -0.2) is 0 Å². The zero-order chi connectivity index (χ0) is 28.7. The Bertz CT molecular complexity index is 1110. The molecule has 1 heterocycles. The molecule has 1 N–H and O–H groups in total. The van der Waals surface area contributed by atoms with Crippen LogP contribution in [0, 0.1) is 0 Å².